The molecule has 1 aliphatic rings. The fourth-order valence-electron chi connectivity index (χ4n) is 2.60. The standard InChI is InChI=1S/C14H21N/c1-10(2)13-7-8-14(9-13)15-11(3)5-6-12(15)4/h5-8,10,13-14H,9H2,1-4H3/t13-,14+/m0/s1. The van der Waals surface area contributed by atoms with E-state index in [1.165, 1.54) is 17.8 Å². The first kappa shape index (κ1) is 10.5. The summed E-state index contributed by atoms with van der Waals surface area (Å²) in [4.78, 5) is 0. The molecule has 0 bridgehead atoms. The van der Waals surface area contributed by atoms with Crippen LogP contribution in [0.3, 0.4) is 0 Å². The molecule has 1 aromatic rings. The summed E-state index contributed by atoms with van der Waals surface area (Å²) in [7, 11) is 0. The summed E-state index contributed by atoms with van der Waals surface area (Å²) in [6.45, 7) is 9.02. The van der Waals surface area contributed by atoms with Gasteiger partial charge in [0.25, 0.3) is 0 Å². The number of nitrogens with zero attached hydrogens (tertiary/aromatic N) is 1. The summed E-state index contributed by atoms with van der Waals surface area (Å²) in [6.07, 6.45) is 6.05. The third-order valence-corrected chi connectivity index (χ3v) is 3.61. The van der Waals surface area contributed by atoms with Gasteiger partial charge < -0.3 is 4.57 Å². The van der Waals surface area contributed by atoms with Crippen LogP contribution in [0.15, 0.2) is 24.3 Å². The Morgan fingerprint density at radius 3 is 2.20 bits per heavy atom. The summed E-state index contributed by atoms with van der Waals surface area (Å²) >= 11 is 0. The van der Waals surface area contributed by atoms with Crippen molar-refractivity contribution in [2.75, 3.05) is 0 Å². The van der Waals surface area contributed by atoms with Crippen molar-refractivity contribution in [3.63, 3.8) is 0 Å². The molecule has 1 nitrogen and oxygen atoms in total. The maximum Gasteiger partial charge on any atom is 0.0521 e. The predicted octanol–water partition coefficient (Wildman–Crippen LogP) is 3.88. The van der Waals surface area contributed by atoms with Crippen LogP contribution in [0.4, 0.5) is 0 Å². The Hall–Kier alpha value is -0.980. The monoisotopic (exact) mass is 203 g/mol. The minimum atomic E-state index is 0.590. The van der Waals surface area contributed by atoms with Crippen molar-refractivity contribution in [1.29, 1.82) is 0 Å². The Morgan fingerprint density at radius 1 is 1.13 bits per heavy atom. The van der Waals surface area contributed by atoms with Crippen LogP contribution in [0.1, 0.15) is 37.7 Å². The second kappa shape index (κ2) is 3.88. The molecule has 0 saturated heterocycles. The lowest BCUT2D eigenvalue weighted by Crippen LogP contribution is -2.11. The van der Waals surface area contributed by atoms with Gasteiger partial charge in [-0.25, -0.2) is 0 Å². The SMILES string of the molecule is Cc1ccc(C)n1[C@@H]1C=C[C@H](C(C)C)C1. The summed E-state index contributed by atoms with van der Waals surface area (Å²) in [5.41, 5.74) is 2.76. The highest BCUT2D eigenvalue weighted by Gasteiger charge is 2.23. The molecule has 1 heteroatoms. The predicted molar refractivity (Wildman–Crippen MR) is 65.0 cm³/mol. The molecule has 1 heterocycles. The zero-order chi connectivity index (χ0) is 11.0. The third kappa shape index (κ3) is 1.88. The van der Waals surface area contributed by atoms with E-state index in [4.69, 9.17) is 0 Å². The summed E-state index contributed by atoms with van der Waals surface area (Å²) in [6, 6.07) is 5.02. The molecular formula is C14H21N. The van der Waals surface area contributed by atoms with Gasteiger partial charge in [0.1, 0.15) is 0 Å². The zero-order valence-electron chi connectivity index (χ0n) is 10.2. The van der Waals surface area contributed by atoms with Crippen molar-refractivity contribution >= 4 is 0 Å². The van der Waals surface area contributed by atoms with Crippen molar-refractivity contribution < 1.29 is 0 Å². The highest BCUT2D eigenvalue weighted by atomic mass is 15.0. The van der Waals surface area contributed by atoms with Crippen LogP contribution in [0, 0.1) is 25.7 Å². The van der Waals surface area contributed by atoms with Gasteiger partial charge in [-0.05, 0) is 44.2 Å². The van der Waals surface area contributed by atoms with Gasteiger partial charge in [0.2, 0.25) is 0 Å². The molecule has 0 aromatic carbocycles. The molecule has 2 rings (SSSR count). The molecule has 0 spiro atoms. The van der Waals surface area contributed by atoms with E-state index in [2.05, 4.69) is 56.5 Å². The number of allylic oxidation sites excluding steroid dienone is 2. The van der Waals surface area contributed by atoms with Crippen LogP contribution in [-0.2, 0) is 0 Å². The van der Waals surface area contributed by atoms with Crippen molar-refractivity contribution in [3.8, 4) is 0 Å². The number of aromatic nitrogens is 1. The maximum atomic E-state index is 2.46. The van der Waals surface area contributed by atoms with E-state index in [0.717, 1.165) is 11.8 Å². The second-order valence-electron chi connectivity index (χ2n) is 5.08. The summed E-state index contributed by atoms with van der Waals surface area (Å²) in [5, 5.41) is 0. The summed E-state index contributed by atoms with van der Waals surface area (Å²) < 4.78 is 2.46. The highest BCUT2D eigenvalue weighted by molar-refractivity contribution is 5.19. The Balaban J connectivity index is 2.19. The quantitative estimate of drug-likeness (QED) is 0.643. The molecule has 0 amide bonds. The maximum absolute atomic E-state index is 2.46. The number of hydrogen-bond donors (Lipinski definition) is 0. The second-order valence-corrected chi connectivity index (χ2v) is 5.08. The third-order valence-electron chi connectivity index (χ3n) is 3.61. The molecule has 1 aliphatic carbocycles. The molecule has 0 unspecified atom stereocenters. The first-order chi connectivity index (χ1) is 7.09. The number of aryl methyl sites for hydroxylation is 2. The molecule has 0 fully saturated rings. The number of hydrogen-bond acceptors (Lipinski definition) is 0. The Labute approximate surface area is 92.8 Å². The molecule has 0 saturated carbocycles. The Kier molecular flexibility index (Phi) is 2.72. The molecule has 0 N–H and O–H groups in total. The van der Waals surface area contributed by atoms with Crippen LogP contribution >= 0.6 is 0 Å². The molecule has 15 heavy (non-hydrogen) atoms. The molecule has 0 radical (unpaired) electrons. The van der Waals surface area contributed by atoms with Gasteiger partial charge in [-0.2, -0.15) is 0 Å². The van der Waals surface area contributed by atoms with Crippen molar-refractivity contribution in [2.24, 2.45) is 11.8 Å². The van der Waals surface area contributed by atoms with E-state index in [0.29, 0.717) is 6.04 Å². The largest absolute Gasteiger partial charge is 0.342 e. The highest BCUT2D eigenvalue weighted by Crippen LogP contribution is 2.34. The molecule has 1 aromatic heterocycles. The number of rotatable bonds is 2. The molecule has 82 valence electrons. The average Bonchev–Trinajstić information content (AvgIpc) is 2.73. The average molecular weight is 203 g/mol. The fraction of sp³-hybridized carbons (Fsp3) is 0.571. The van der Waals surface area contributed by atoms with Crippen molar-refractivity contribution in [1.82, 2.24) is 4.57 Å². The van der Waals surface area contributed by atoms with E-state index < -0.39 is 0 Å². The Bertz CT molecular complexity index is 351. The van der Waals surface area contributed by atoms with Gasteiger partial charge in [0.15, 0.2) is 0 Å². The van der Waals surface area contributed by atoms with Gasteiger partial charge in [-0.15, -0.1) is 0 Å². The smallest absolute Gasteiger partial charge is 0.0521 e. The zero-order valence-corrected chi connectivity index (χ0v) is 10.2. The van der Waals surface area contributed by atoms with E-state index >= 15 is 0 Å². The molecular weight excluding hydrogens is 182 g/mol. The molecule has 2 atom stereocenters. The van der Waals surface area contributed by atoms with E-state index in [9.17, 15) is 0 Å². The summed E-state index contributed by atoms with van der Waals surface area (Å²) in [5.74, 6) is 1.53. The minimum absolute atomic E-state index is 0.590. The molecule has 0 aliphatic heterocycles. The normalized spacial score (nSPS) is 25.4. The van der Waals surface area contributed by atoms with Gasteiger partial charge in [-0.1, -0.05) is 26.0 Å². The Morgan fingerprint density at radius 2 is 1.73 bits per heavy atom. The first-order valence-corrected chi connectivity index (χ1v) is 5.92. The van der Waals surface area contributed by atoms with Crippen LogP contribution in [0.5, 0.6) is 0 Å². The van der Waals surface area contributed by atoms with Crippen molar-refractivity contribution in [2.45, 2.75) is 40.2 Å². The lowest BCUT2D eigenvalue weighted by molar-refractivity contribution is 0.405. The van der Waals surface area contributed by atoms with Crippen LogP contribution < -0.4 is 0 Å². The minimum Gasteiger partial charge on any atom is -0.342 e. The lowest BCUT2D eigenvalue weighted by Gasteiger charge is -2.19. The van der Waals surface area contributed by atoms with Gasteiger partial charge in [0.05, 0.1) is 6.04 Å². The van der Waals surface area contributed by atoms with E-state index in [1.54, 1.807) is 0 Å². The van der Waals surface area contributed by atoms with E-state index in [-0.39, 0.29) is 0 Å². The van der Waals surface area contributed by atoms with Crippen LogP contribution in [0.2, 0.25) is 0 Å². The van der Waals surface area contributed by atoms with Gasteiger partial charge in [-0.3, -0.25) is 0 Å². The first-order valence-electron chi connectivity index (χ1n) is 5.92. The lowest BCUT2D eigenvalue weighted by atomic mass is 9.95. The van der Waals surface area contributed by atoms with Gasteiger partial charge >= 0.3 is 0 Å². The van der Waals surface area contributed by atoms with E-state index in [1.807, 2.05) is 0 Å². The van der Waals surface area contributed by atoms with Crippen LogP contribution in [0.25, 0.3) is 0 Å². The fourth-order valence-corrected chi connectivity index (χ4v) is 2.60. The van der Waals surface area contributed by atoms with Crippen LogP contribution in [-0.4, -0.2) is 4.57 Å². The van der Waals surface area contributed by atoms with Gasteiger partial charge in [0, 0.05) is 11.4 Å². The van der Waals surface area contributed by atoms with Crippen molar-refractivity contribution in [3.05, 3.63) is 35.7 Å². The topological polar surface area (TPSA) is 4.93 Å².